The van der Waals surface area contributed by atoms with Crippen LogP contribution in [-0.2, 0) is 13.5 Å². The van der Waals surface area contributed by atoms with Crippen molar-refractivity contribution in [1.82, 2.24) is 18.9 Å². The minimum Gasteiger partial charge on any atom is -0.331 e. The van der Waals surface area contributed by atoms with Gasteiger partial charge in [-0.25, -0.2) is 9.97 Å². The Morgan fingerprint density at radius 1 is 1.32 bits per heavy atom. The highest BCUT2D eigenvalue weighted by Crippen LogP contribution is 2.23. The van der Waals surface area contributed by atoms with Gasteiger partial charge in [0.25, 0.3) is 0 Å². The quantitative estimate of drug-likeness (QED) is 0.797. The number of hydrogen-bond donors (Lipinski definition) is 1. The van der Waals surface area contributed by atoms with E-state index in [1.807, 2.05) is 26.1 Å². The van der Waals surface area contributed by atoms with Gasteiger partial charge in [-0.1, -0.05) is 6.92 Å². The van der Waals surface area contributed by atoms with Crippen LogP contribution in [-0.4, -0.2) is 18.9 Å². The second-order valence-corrected chi connectivity index (χ2v) is 5.17. The fourth-order valence-electron chi connectivity index (χ4n) is 1.97. The Hall–Kier alpha value is -1.95. The predicted molar refractivity (Wildman–Crippen MR) is 78.0 cm³/mol. The molecule has 6 heteroatoms. The molecule has 0 amide bonds. The van der Waals surface area contributed by atoms with Crippen LogP contribution < -0.4 is 5.32 Å². The smallest absolute Gasteiger partial charge is 0.207 e. The van der Waals surface area contributed by atoms with Gasteiger partial charge < -0.3 is 9.88 Å². The predicted octanol–water partition coefficient (Wildman–Crippen LogP) is 3.04. The molecule has 0 spiro atoms. The van der Waals surface area contributed by atoms with Gasteiger partial charge in [0.05, 0.1) is 11.0 Å². The van der Waals surface area contributed by atoms with E-state index in [2.05, 4.69) is 37.2 Å². The van der Waals surface area contributed by atoms with Crippen molar-refractivity contribution in [1.29, 1.82) is 0 Å². The second-order valence-electron chi connectivity index (χ2n) is 4.42. The first-order chi connectivity index (χ1) is 9.17. The highest BCUT2D eigenvalue weighted by atomic mass is 32.1. The molecule has 0 aliphatic rings. The van der Waals surface area contributed by atoms with E-state index in [0.717, 1.165) is 39.9 Å². The Morgan fingerprint density at radius 2 is 2.16 bits per heavy atom. The van der Waals surface area contributed by atoms with Crippen LogP contribution in [0.25, 0.3) is 11.0 Å². The minimum atomic E-state index is 0.823. The highest BCUT2D eigenvalue weighted by molar-refractivity contribution is 7.09. The van der Waals surface area contributed by atoms with E-state index in [1.54, 1.807) is 0 Å². The average molecular weight is 273 g/mol. The summed E-state index contributed by atoms with van der Waals surface area (Å²) in [6.45, 7) is 4.06. The van der Waals surface area contributed by atoms with Crippen LogP contribution in [0.5, 0.6) is 0 Å². The summed E-state index contributed by atoms with van der Waals surface area (Å²) in [5.74, 6) is 1.89. The van der Waals surface area contributed by atoms with Crippen molar-refractivity contribution in [2.45, 2.75) is 20.3 Å². The third-order valence-corrected chi connectivity index (χ3v) is 3.81. The number of hydrogen-bond acceptors (Lipinski definition) is 5. The third-order valence-electron chi connectivity index (χ3n) is 3.14. The molecule has 1 aromatic carbocycles. The van der Waals surface area contributed by atoms with Crippen molar-refractivity contribution in [3.05, 3.63) is 29.8 Å². The standard InChI is InChI=1S/C13H15N5S/c1-4-12-16-13(19-17-12)15-9-5-6-11-10(7-9)14-8(2)18(11)3/h5-7H,4H2,1-3H3,(H,15,16,17). The highest BCUT2D eigenvalue weighted by Gasteiger charge is 2.06. The van der Waals surface area contributed by atoms with Crippen LogP contribution in [0.4, 0.5) is 10.8 Å². The Kier molecular flexibility index (Phi) is 2.94. The van der Waals surface area contributed by atoms with Crippen molar-refractivity contribution >= 4 is 33.4 Å². The molecule has 2 heterocycles. The Bertz CT molecular complexity index is 728. The molecule has 0 bridgehead atoms. The molecule has 98 valence electrons. The summed E-state index contributed by atoms with van der Waals surface area (Å²) < 4.78 is 6.34. The normalized spacial score (nSPS) is 11.1. The lowest BCUT2D eigenvalue weighted by molar-refractivity contribution is 0.886. The molecule has 0 radical (unpaired) electrons. The maximum Gasteiger partial charge on any atom is 0.207 e. The molecule has 3 rings (SSSR count). The Morgan fingerprint density at radius 3 is 2.89 bits per heavy atom. The van der Waals surface area contributed by atoms with Gasteiger partial charge in [0.2, 0.25) is 5.13 Å². The first kappa shape index (κ1) is 12.1. The fourth-order valence-corrected chi connectivity index (χ4v) is 2.64. The molecule has 2 aromatic heterocycles. The van der Waals surface area contributed by atoms with Gasteiger partial charge in [-0.15, -0.1) is 0 Å². The number of anilines is 2. The van der Waals surface area contributed by atoms with E-state index in [9.17, 15) is 0 Å². The van der Waals surface area contributed by atoms with Crippen molar-refractivity contribution in [2.24, 2.45) is 7.05 Å². The molecule has 5 nitrogen and oxygen atoms in total. The lowest BCUT2D eigenvalue weighted by Crippen LogP contribution is -1.91. The summed E-state index contributed by atoms with van der Waals surface area (Å²) >= 11 is 1.38. The summed E-state index contributed by atoms with van der Waals surface area (Å²) in [6, 6.07) is 6.14. The molecule has 0 aliphatic heterocycles. The maximum absolute atomic E-state index is 4.53. The molecule has 3 aromatic rings. The van der Waals surface area contributed by atoms with Gasteiger partial charge in [0.1, 0.15) is 11.6 Å². The molecule has 0 fully saturated rings. The fraction of sp³-hybridized carbons (Fsp3) is 0.308. The van der Waals surface area contributed by atoms with Gasteiger partial charge in [-0.05, 0) is 25.1 Å². The van der Waals surface area contributed by atoms with E-state index in [0.29, 0.717) is 0 Å². The lowest BCUT2D eigenvalue weighted by Gasteiger charge is -2.02. The van der Waals surface area contributed by atoms with Crippen molar-refractivity contribution in [3.63, 3.8) is 0 Å². The van der Waals surface area contributed by atoms with Crippen LogP contribution in [0.15, 0.2) is 18.2 Å². The zero-order chi connectivity index (χ0) is 13.4. The summed E-state index contributed by atoms with van der Waals surface area (Å²) in [6.07, 6.45) is 0.858. The largest absolute Gasteiger partial charge is 0.331 e. The van der Waals surface area contributed by atoms with E-state index in [1.165, 1.54) is 11.5 Å². The zero-order valence-electron chi connectivity index (χ0n) is 11.1. The van der Waals surface area contributed by atoms with Gasteiger partial charge in [-0.2, -0.15) is 4.37 Å². The van der Waals surface area contributed by atoms with Gasteiger partial charge in [0.15, 0.2) is 0 Å². The van der Waals surface area contributed by atoms with Crippen LogP contribution in [0.3, 0.4) is 0 Å². The molecule has 0 unspecified atom stereocenters. The third kappa shape index (κ3) is 2.19. The van der Waals surface area contributed by atoms with E-state index in [-0.39, 0.29) is 0 Å². The van der Waals surface area contributed by atoms with E-state index in [4.69, 9.17) is 0 Å². The molecule has 1 N–H and O–H groups in total. The number of imidazole rings is 1. The van der Waals surface area contributed by atoms with E-state index < -0.39 is 0 Å². The minimum absolute atomic E-state index is 0.823. The second kappa shape index (κ2) is 4.62. The first-order valence-electron chi connectivity index (χ1n) is 6.20. The van der Waals surface area contributed by atoms with Crippen LogP contribution in [0.1, 0.15) is 18.6 Å². The number of nitrogens with zero attached hydrogens (tertiary/aromatic N) is 4. The Labute approximate surface area is 115 Å². The Balaban J connectivity index is 1.92. The lowest BCUT2D eigenvalue weighted by atomic mass is 10.3. The summed E-state index contributed by atoms with van der Waals surface area (Å²) in [5.41, 5.74) is 3.11. The average Bonchev–Trinajstić information content (AvgIpc) is 2.96. The van der Waals surface area contributed by atoms with Crippen LogP contribution in [0.2, 0.25) is 0 Å². The van der Waals surface area contributed by atoms with E-state index >= 15 is 0 Å². The van der Waals surface area contributed by atoms with Crippen molar-refractivity contribution < 1.29 is 0 Å². The van der Waals surface area contributed by atoms with Gasteiger partial charge >= 0.3 is 0 Å². The summed E-state index contributed by atoms with van der Waals surface area (Å²) in [7, 11) is 2.02. The molecule has 0 saturated carbocycles. The topological polar surface area (TPSA) is 55.6 Å². The van der Waals surface area contributed by atoms with Gasteiger partial charge in [-0.3, -0.25) is 0 Å². The molecular formula is C13H15N5S. The monoisotopic (exact) mass is 273 g/mol. The van der Waals surface area contributed by atoms with Crippen molar-refractivity contribution in [3.8, 4) is 0 Å². The summed E-state index contributed by atoms with van der Waals surface area (Å²) in [4.78, 5) is 8.92. The molecule has 0 saturated heterocycles. The summed E-state index contributed by atoms with van der Waals surface area (Å²) in [5, 5.41) is 4.10. The number of aryl methyl sites for hydroxylation is 3. The SMILES string of the molecule is CCc1nsc(Nc2ccc3c(c2)nc(C)n3C)n1. The number of fused-ring (bicyclic) bond motifs is 1. The number of rotatable bonds is 3. The van der Waals surface area contributed by atoms with Crippen molar-refractivity contribution in [2.75, 3.05) is 5.32 Å². The molecule has 19 heavy (non-hydrogen) atoms. The number of benzene rings is 1. The van der Waals surface area contributed by atoms with Gasteiger partial charge in [0, 0.05) is 30.7 Å². The van der Waals surface area contributed by atoms with Crippen LogP contribution >= 0.6 is 11.5 Å². The molecule has 0 atom stereocenters. The molecular weight excluding hydrogens is 258 g/mol. The number of aromatic nitrogens is 4. The van der Waals surface area contributed by atoms with Crippen LogP contribution in [0, 0.1) is 6.92 Å². The first-order valence-corrected chi connectivity index (χ1v) is 6.97. The maximum atomic E-state index is 4.53. The zero-order valence-corrected chi connectivity index (χ0v) is 12.0. The molecule has 0 aliphatic carbocycles. The number of nitrogens with one attached hydrogen (secondary N) is 1.